The van der Waals surface area contributed by atoms with Crippen molar-refractivity contribution in [3.63, 3.8) is 0 Å². The van der Waals surface area contributed by atoms with Gasteiger partial charge in [0.15, 0.2) is 5.60 Å². The number of thiophene rings is 1. The molecule has 0 aliphatic heterocycles. The highest BCUT2D eigenvalue weighted by Crippen LogP contribution is 2.41. The summed E-state index contributed by atoms with van der Waals surface area (Å²) in [5, 5.41) is 14.1. The van der Waals surface area contributed by atoms with E-state index in [1.807, 2.05) is 5.38 Å². The van der Waals surface area contributed by atoms with E-state index in [0.717, 1.165) is 4.88 Å². The molecule has 0 saturated carbocycles. The molecule has 1 heterocycles. The van der Waals surface area contributed by atoms with Crippen molar-refractivity contribution in [2.75, 3.05) is 13.6 Å². The van der Waals surface area contributed by atoms with Crippen LogP contribution in [-0.2, 0) is 5.41 Å². The summed E-state index contributed by atoms with van der Waals surface area (Å²) in [6, 6.07) is 3.59. The van der Waals surface area contributed by atoms with Gasteiger partial charge in [0.2, 0.25) is 0 Å². The Bertz CT molecular complexity index is 375. The minimum Gasteiger partial charge on any atom is -0.379 e. The van der Waals surface area contributed by atoms with Gasteiger partial charge in [-0.25, -0.2) is 0 Å². The molecule has 1 unspecified atom stereocenters. The monoisotopic (exact) mass is 281 g/mol. The standard InChI is InChI=1S/C12H18F3NOS/c1-10(2,9-5-4-6-18-9)7-11(17,8-16-3)12(13,14)15/h4-6,16-17H,7-8H2,1-3H3. The lowest BCUT2D eigenvalue weighted by molar-refractivity contribution is -0.264. The first-order valence-corrected chi connectivity index (χ1v) is 6.48. The third-order valence-corrected chi connectivity index (χ3v) is 4.16. The smallest absolute Gasteiger partial charge is 0.379 e. The summed E-state index contributed by atoms with van der Waals surface area (Å²) in [7, 11) is 1.40. The first-order valence-electron chi connectivity index (χ1n) is 5.60. The summed E-state index contributed by atoms with van der Waals surface area (Å²) in [6.45, 7) is 2.92. The second kappa shape index (κ2) is 5.19. The summed E-state index contributed by atoms with van der Waals surface area (Å²) in [6.07, 6.45) is -5.02. The Balaban J connectivity index is 2.98. The zero-order chi connectivity index (χ0) is 14.0. The number of hydrogen-bond donors (Lipinski definition) is 2. The predicted octanol–water partition coefficient (Wildman–Crippen LogP) is 2.93. The molecule has 0 fully saturated rings. The van der Waals surface area contributed by atoms with Crippen LogP contribution < -0.4 is 5.32 Å². The van der Waals surface area contributed by atoms with Crippen LogP contribution in [0.15, 0.2) is 17.5 Å². The van der Waals surface area contributed by atoms with Gasteiger partial charge in [0.25, 0.3) is 0 Å². The van der Waals surface area contributed by atoms with Crippen molar-refractivity contribution in [1.29, 1.82) is 0 Å². The lowest BCUT2D eigenvalue weighted by Crippen LogP contribution is -2.54. The molecule has 1 atom stereocenters. The van der Waals surface area contributed by atoms with Crippen LogP contribution in [0.1, 0.15) is 25.1 Å². The first-order chi connectivity index (χ1) is 8.12. The number of alkyl halides is 3. The molecule has 6 heteroatoms. The highest BCUT2D eigenvalue weighted by Gasteiger charge is 2.55. The van der Waals surface area contributed by atoms with Gasteiger partial charge < -0.3 is 10.4 Å². The summed E-state index contributed by atoms with van der Waals surface area (Å²) >= 11 is 1.40. The molecule has 0 saturated heterocycles. The van der Waals surface area contributed by atoms with Gasteiger partial charge in [-0.15, -0.1) is 11.3 Å². The van der Waals surface area contributed by atoms with Crippen LogP contribution in [0.4, 0.5) is 13.2 Å². The summed E-state index contributed by atoms with van der Waals surface area (Å²) in [4.78, 5) is 0.835. The average Bonchev–Trinajstić information content (AvgIpc) is 2.68. The number of halogens is 3. The SMILES string of the molecule is CNCC(O)(CC(C)(C)c1cccs1)C(F)(F)F. The number of hydrogen-bond acceptors (Lipinski definition) is 3. The van der Waals surface area contributed by atoms with E-state index in [-0.39, 0.29) is 6.42 Å². The highest BCUT2D eigenvalue weighted by molar-refractivity contribution is 7.10. The molecule has 0 aliphatic carbocycles. The molecule has 1 aromatic heterocycles. The molecule has 0 aromatic carbocycles. The number of nitrogens with one attached hydrogen (secondary N) is 1. The van der Waals surface area contributed by atoms with Crippen LogP contribution in [0.3, 0.4) is 0 Å². The summed E-state index contributed by atoms with van der Waals surface area (Å²) in [5.41, 5.74) is -3.44. The Hall–Kier alpha value is -0.590. The van der Waals surface area contributed by atoms with E-state index in [1.54, 1.807) is 26.0 Å². The van der Waals surface area contributed by atoms with Crippen molar-refractivity contribution in [2.45, 2.75) is 37.5 Å². The van der Waals surface area contributed by atoms with E-state index < -0.39 is 23.7 Å². The van der Waals surface area contributed by atoms with Gasteiger partial charge >= 0.3 is 6.18 Å². The predicted molar refractivity (Wildman–Crippen MR) is 66.9 cm³/mol. The third-order valence-electron chi connectivity index (χ3n) is 2.92. The maximum Gasteiger partial charge on any atom is 0.418 e. The maximum atomic E-state index is 13.0. The van der Waals surface area contributed by atoms with Crippen molar-refractivity contribution in [1.82, 2.24) is 5.32 Å². The highest BCUT2D eigenvalue weighted by atomic mass is 32.1. The summed E-state index contributed by atoms with van der Waals surface area (Å²) < 4.78 is 38.9. The fraction of sp³-hybridized carbons (Fsp3) is 0.667. The molecular formula is C12H18F3NOS. The van der Waals surface area contributed by atoms with Crippen molar-refractivity contribution in [2.24, 2.45) is 0 Å². The Kier molecular flexibility index (Phi) is 4.46. The molecule has 0 bridgehead atoms. The van der Waals surface area contributed by atoms with E-state index >= 15 is 0 Å². The van der Waals surface area contributed by atoms with Crippen LogP contribution in [0, 0.1) is 0 Å². The molecule has 18 heavy (non-hydrogen) atoms. The van der Waals surface area contributed by atoms with Crippen molar-refractivity contribution < 1.29 is 18.3 Å². The third kappa shape index (κ3) is 3.24. The Morgan fingerprint density at radius 2 is 1.94 bits per heavy atom. The van der Waals surface area contributed by atoms with E-state index in [2.05, 4.69) is 5.32 Å². The fourth-order valence-corrected chi connectivity index (χ4v) is 2.89. The number of aliphatic hydroxyl groups is 1. The van der Waals surface area contributed by atoms with E-state index in [4.69, 9.17) is 0 Å². The van der Waals surface area contributed by atoms with Gasteiger partial charge in [-0.3, -0.25) is 0 Å². The van der Waals surface area contributed by atoms with E-state index in [9.17, 15) is 18.3 Å². The van der Waals surface area contributed by atoms with Gasteiger partial charge in [-0.05, 0) is 24.9 Å². The minimum absolute atomic E-state index is 0.370. The van der Waals surface area contributed by atoms with Crippen LogP contribution >= 0.6 is 11.3 Å². The van der Waals surface area contributed by atoms with Crippen LogP contribution in [-0.4, -0.2) is 30.5 Å². The largest absolute Gasteiger partial charge is 0.418 e. The lowest BCUT2D eigenvalue weighted by atomic mass is 9.78. The molecule has 0 spiro atoms. The van der Waals surface area contributed by atoms with Crippen LogP contribution in [0.5, 0.6) is 0 Å². The quantitative estimate of drug-likeness (QED) is 0.869. The molecular weight excluding hydrogens is 263 g/mol. The maximum absolute atomic E-state index is 13.0. The Morgan fingerprint density at radius 1 is 1.33 bits per heavy atom. The molecule has 1 rings (SSSR count). The average molecular weight is 281 g/mol. The molecule has 0 radical (unpaired) electrons. The Morgan fingerprint density at radius 3 is 2.33 bits per heavy atom. The molecule has 1 aromatic rings. The first kappa shape index (κ1) is 15.5. The van der Waals surface area contributed by atoms with Gasteiger partial charge in [-0.2, -0.15) is 13.2 Å². The van der Waals surface area contributed by atoms with Gasteiger partial charge in [0.1, 0.15) is 0 Å². The molecule has 0 aliphatic rings. The van der Waals surface area contributed by atoms with E-state index in [0.29, 0.717) is 0 Å². The van der Waals surface area contributed by atoms with Crippen LogP contribution in [0.2, 0.25) is 0 Å². The number of likely N-dealkylation sites (N-methyl/N-ethyl adjacent to an activating group) is 1. The molecule has 2 nitrogen and oxygen atoms in total. The topological polar surface area (TPSA) is 32.3 Å². The van der Waals surface area contributed by atoms with Gasteiger partial charge in [0.05, 0.1) is 0 Å². The zero-order valence-corrected chi connectivity index (χ0v) is 11.5. The molecule has 0 amide bonds. The van der Waals surface area contributed by atoms with Crippen LogP contribution in [0.25, 0.3) is 0 Å². The van der Waals surface area contributed by atoms with Gasteiger partial charge in [0, 0.05) is 16.8 Å². The minimum atomic E-state index is -4.65. The van der Waals surface area contributed by atoms with Crippen molar-refractivity contribution in [3.05, 3.63) is 22.4 Å². The number of rotatable bonds is 5. The zero-order valence-electron chi connectivity index (χ0n) is 10.6. The second-order valence-electron chi connectivity index (χ2n) is 5.10. The van der Waals surface area contributed by atoms with E-state index in [1.165, 1.54) is 18.4 Å². The lowest BCUT2D eigenvalue weighted by Gasteiger charge is -2.37. The van der Waals surface area contributed by atoms with Gasteiger partial charge in [-0.1, -0.05) is 19.9 Å². The second-order valence-corrected chi connectivity index (χ2v) is 6.05. The molecule has 2 N–H and O–H groups in total. The van der Waals surface area contributed by atoms with Crippen molar-refractivity contribution in [3.8, 4) is 0 Å². The fourth-order valence-electron chi connectivity index (χ4n) is 2.04. The molecule has 104 valence electrons. The summed E-state index contributed by atoms with van der Waals surface area (Å²) in [5.74, 6) is 0. The normalized spacial score (nSPS) is 16.6. The Labute approximate surface area is 109 Å². The van der Waals surface area contributed by atoms with Crippen molar-refractivity contribution >= 4 is 11.3 Å².